The number of fused-ring (bicyclic) bond motifs is 1. The Morgan fingerprint density at radius 2 is 1.83 bits per heavy atom. The van der Waals surface area contributed by atoms with Crippen LogP contribution in [-0.2, 0) is 4.79 Å². The van der Waals surface area contributed by atoms with Gasteiger partial charge in [-0.05, 0) is 42.8 Å². The first-order chi connectivity index (χ1) is 14.6. The van der Waals surface area contributed by atoms with Crippen molar-refractivity contribution in [3.05, 3.63) is 35.9 Å². The van der Waals surface area contributed by atoms with Gasteiger partial charge in [-0.25, -0.2) is 4.98 Å². The van der Waals surface area contributed by atoms with Gasteiger partial charge in [0.1, 0.15) is 11.1 Å². The molecule has 1 fully saturated rings. The third-order valence-electron chi connectivity index (χ3n) is 4.71. The number of hydrogen-bond donors (Lipinski definition) is 0. The number of thiazole rings is 1. The molecule has 1 unspecified atom stereocenters. The Labute approximate surface area is 182 Å². The molecule has 0 aliphatic carbocycles. The lowest BCUT2D eigenvalue weighted by Crippen LogP contribution is -2.27. The zero-order valence-electron chi connectivity index (χ0n) is 17.1. The van der Waals surface area contributed by atoms with Crippen molar-refractivity contribution in [2.45, 2.75) is 12.3 Å². The molecule has 3 aromatic rings. The van der Waals surface area contributed by atoms with Crippen LogP contribution in [0, 0.1) is 0 Å². The highest BCUT2D eigenvalue weighted by Gasteiger charge is 2.37. The molecule has 4 rings (SSSR count). The van der Waals surface area contributed by atoms with Gasteiger partial charge in [0.25, 0.3) is 0 Å². The van der Waals surface area contributed by atoms with E-state index in [4.69, 9.17) is 23.9 Å². The lowest BCUT2D eigenvalue weighted by molar-refractivity contribution is -0.115. The number of anilines is 1. The summed E-state index contributed by atoms with van der Waals surface area (Å²) in [5, 5.41) is 0.422. The van der Waals surface area contributed by atoms with E-state index in [2.05, 4.69) is 0 Å². The van der Waals surface area contributed by atoms with Crippen LogP contribution in [0.5, 0.6) is 23.0 Å². The van der Waals surface area contributed by atoms with Gasteiger partial charge in [0.15, 0.2) is 16.6 Å². The average molecular weight is 447 g/mol. The molecule has 0 spiro atoms. The number of rotatable bonds is 7. The fourth-order valence-corrected chi connectivity index (χ4v) is 5.61. The highest BCUT2D eigenvalue weighted by atomic mass is 32.2. The topological polar surface area (TPSA) is 70.1 Å². The van der Waals surface area contributed by atoms with Crippen molar-refractivity contribution >= 4 is 44.4 Å². The first-order valence-corrected chi connectivity index (χ1v) is 11.2. The summed E-state index contributed by atoms with van der Waals surface area (Å²) in [5.41, 5.74) is 1.72. The Kier molecular flexibility index (Phi) is 5.92. The summed E-state index contributed by atoms with van der Waals surface area (Å²) in [6.07, 6.45) is 0. The first-order valence-electron chi connectivity index (χ1n) is 9.36. The van der Waals surface area contributed by atoms with Crippen LogP contribution in [0.2, 0.25) is 0 Å². The number of amides is 1. The number of hydrogen-bond acceptors (Lipinski definition) is 8. The third-order valence-corrected chi connectivity index (χ3v) is 6.94. The predicted octanol–water partition coefficient (Wildman–Crippen LogP) is 4.50. The van der Waals surface area contributed by atoms with Gasteiger partial charge in [-0.2, -0.15) is 0 Å². The minimum Gasteiger partial charge on any atom is -0.494 e. The number of ether oxygens (including phenoxy) is 4. The molecule has 0 bridgehead atoms. The molecule has 1 saturated heterocycles. The molecule has 1 atom stereocenters. The average Bonchev–Trinajstić information content (AvgIpc) is 3.35. The van der Waals surface area contributed by atoms with Gasteiger partial charge in [0, 0.05) is 0 Å². The number of methoxy groups -OCH3 is 3. The van der Waals surface area contributed by atoms with Crippen LogP contribution >= 0.6 is 23.1 Å². The zero-order chi connectivity index (χ0) is 21.3. The van der Waals surface area contributed by atoms with Crippen molar-refractivity contribution < 1.29 is 23.7 Å². The smallest absolute Gasteiger partial charge is 0.240 e. The Bertz CT molecular complexity index is 1060. The van der Waals surface area contributed by atoms with E-state index in [9.17, 15) is 4.79 Å². The monoisotopic (exact) mass is 446 g/mol. The number of thioether (sulfide) groups is 1. The molecule has 7 nitrogen and oxygen atoms in total. The minimum atomic E-state index is -0.238. The van der Waals surface area contributed by atoms with E-state index in [1.54, 1.807) is 38.0 Å². The summed E-state index contributed by atoms with van der Waals surface area (Å²) >= 11 is 3.02. The van der Waals surface area contributed by atoms with Crippen molar-refractivity contribution in [1.29, 1.82) is 0 Å². The fourth-order valence-electron chi connectivity index (χ4n) is 3.37. The Balaban J connectivity index is 1.75. The third kappa shape index (κ3) is 3.63. The molecule has 1 aromatic heterocycles. The van der Waals surface area contributed by atoms with Gasteiger partial charge in [-0.1, -0.05) is 11.3 Å². The van der Waals surface area contributed by atoms with E-state index < -0.39 is 0 Å². The van der Waals surface area contributed by atoms with Crippen LogP contribution in [0.1, 0.15) is 17.9 Å². The molecule has 2 aromatic carbocycles. The highest BCUT2D eigenvalue weighted by Crippen LogP contribution is 2.48. The zero-order valence-corrected chi connectivity index (χ0v) is 18.8. The van der Waals surface area contributed by atoms with Crippen molar-refractivity contribution in [1.82, 2.24) is 4.98 Å². The minimum absolute atomic E-state index is 0.0165. The Hall–Kier alpha value is -2.65. The molecule has 30 heavy (non-hydrogen) atoms. The SMILES string of the molecule is CCOc1ccc2nc(N3C(=O)CSC3c3cc(OC)c(OC)c(OC)c3)sc2c1. The van der Waals surface area contributed by atoms with Crippen molar-refractivity contribution in [3.8, 4) is 23.0 Å². The summed E-state index contributed by atoms with van der Waals surface area (Å²) in [7, 11) is 4.72. The van der Waals surface area contributed by atoms with E-state index in [-0.39, 0.29) is 11.3 Å². The number of carbonyl (C=O) groups is 1. The van der Waals surface area contributed by atoms with Crippen molar-refractivity contribution in [2.75, 3.05) is 38.6 Å². The normalized spacial score (nSPS) is 16.2. The molecule has 0 radical (unpaired) electrons. The molecule has 9 heteroatoms. The number of benzene rings is 2. The molecule has 0 saturated carbocycles. The van der Waals surface area contributed by atoms with Crippen molar-refractivity contribution in [2.24, 2.45) is 0 Å². The summed E-state index contributed by atoms with van der Waals surface area (Å²) in [5.74, 6) is 2.82. The van der Waals surface area contributed by atoms with Gasteiger partial charge in [0.2, 0.25) is 11.7 Å². The maximum atomic E-state index is 12.8. The summed E-state index contributed by atoms with van der Waals surface area (Å²) in [6, 6.07) is 9.54. The van der Waals surface area contributed by atoms with Crippen LogP contribution < -0.4 is 23.8 Å². The maximum Gasteiger partial charge on any atom is 0.240 e. The summed E-state index contributed by atoms with van der Waals surface area (Å²) in [4.78, 5) is 19.3. The van der Waals surface area contributed by atoms with E-state index in [1.807, 2.05) is 37.3 Å². The number of carbonyl (C=O) groups excluding carboxylic acids is 1. The summed E-state index contributed by atoms with van der Waals surface area (Å²) < 4.78 is 23.0. The van der Waals surface area contributed by atoms with Crippen LogP contribution in [0.3, 0.4) is 0 Å². The van der Waals surface area contributed by atoms with Gasteiger partial charge < -0.3 is 18.9 Å². The van der Waals surface area contributed by atoms with Crippen molar-refractivity contribution in [3.63, 3.8) is 0 Å². The van der Waals surface area contributed by atoms with E-state index in [0.29, 0.717) is 34.7 Å². The second-order valence-corrected chi connectivity index (χ2v) is 8.52. The molecule has 158 valence electrons. The first kappa shape index (κ1) is 20.6. The van der Waals surface area contributed by atoms with Gasteiger partial charge in [-0.3, -0.25) is 9.69 Å². The van der Waals surface area contributed by atoms with Crippen LogP contribution in [0.15, 0.2) is 30.3 Å². The fraction of sp³-hybridized carbons (Fsp3) is 0.333. The molecule has 0 N–H and O–H groups in total. The number of nitrogens with zero attached hydrogens (tertiary/aromatic N) is 2. The molecule has 1 amide bonds. The standard InChI is InChI=1S/C21H22N2O5S2/c1-5-28-13-6-7-14-17(10-13)30-21(22-14)23-18(24)11-29-20(23)12-8-15(25-2)19(27-4)16(9-12)26-3/h6-10,20H,5,11H2,1-4H3. The highest BCUT2D eigenvalue weighted by molar-refractivity contribution is 8.00. The lowest BCUT2D eigenvalue weighted by Gasteiger charge is -2.23. The quantitative estimate of drug-likeness (QED) is 0.529. The summed E-state index contributed by atoms with van der Waals surface area (Å²) in [6.45, 7) is 2.55. The molecular formula is C21H22N2O5S2. The van der Waals surface area contributed by atoms with E-state index >= 15 is 0 Å². The second-order valence-electron chi connectivity index (χ2n) is 6.44. The Morgan fingerprint density at radius 3 is 2.47 bits per heavy atom. The van der Waals surface area contributed by atoms with E-state index in [0.717, 1.165) is 21.5 Å². The second kappa shape index (κ2) is 8.61. The predicted molar refractivity (Wildman–Crippen MR) is 120 cm³/mol. The Morgan fingerprint density at radius 1 is 1.10 bits per heavy atom. The van der Waals surface area contributed by atoms with Gasteiger partial charge >= 0.3 is 0 Å². The van der Waals surface area contributed by atoms with Gasteiger partial charge in [0.05, 0.1) is 43.9 Å². The molecule has 1 aliphatic rings. The largest absolute Gasteiger partial charge is 0.494 e. The number of aromatic nitrogens is 1. The van der Waals surface area contributed by atoms with Crippen LogP contribution in [0.25, 0.3) is 10.2 Å². The molecule has 1 aliphatic heterocycles. The maximum absolute atomic E-state index is 12.8. The van der Waals surface area contributed by atoms with Gasteiger partial charge in [-0.15, -0.1) is 11.8 Å². The molecule has 2 heterocycles. The lowest BCUT2D eigenvalue weighted by atomic mass is 10.1. The van der Waals surface area contributed by atoms with E-state index in [1.165, 1.54) is 11.3 Å². The molecular weight excluding hydrogens is 424 g/mol. The van der Waals surface area contributed by atoms with Crippen LogP contribution in [0.4, 0.5) is 5.13 Å². The van der Waals surface area contributed by atoms with Crippen LogP contribution in [-0.4, -0.2) is 44.6 Å².